The molecule has 1 aromatic heterocycles. The van der Waals surface area contributed by atoms with Gasteiger partial charge in [0.25, 0.3) is 0 Å². The molecule has 5 nitrogen and oxygen atoms in total. The Balaban J connectivity index is 0.00000210. The summed E-state index contributed by atoms with van der Waals surface area (Å²) >= 11 is 0. The fourth-order valence-corrected chi connectivity index (χ4v) is 3.73. The Labute approximate surface area is 156 Å². The lowest BCUT2D eigenvalue weighted by molar-refractivity contribution is 0.598. The summed E-state index contributed by atoms with van der Waals surface area (Å²) in [4.78, 5) is 7.10. The van der Waals surface area contributed by atoms with E-state index in [1.807, 2.05) is 12.1 Å². The lowest BCUT2D eigenvalue weighted by Gasteiger charge is -2.10. The Morgan fingerprint density at radius 3 is 2.37 bits per heavy atom. The van der Waals surface area contributed by atoms with Crippen molar-refractivity contribution in [3.05, 3.63) is 72.8 Å². The SMILES string of the molecule is C.NS(=O)(=O)c1ccccc1-c1ccc(-c2ccc3nc[nH]c3c2)c(F)c1. The number of rotatable bonds is 3. The van der Waals surface area contributed by atoms with Gasteiger partial charge in [-0.15, -0.1) is 0 Å². The molecule has 1 heterocycles. The Morgan fingerprint density at radius 2 is 1.63 bits per heavy atom. The smallest absolute Gasteiger partial charge is 0.238 e. The van der Waals surface area contributed by atoms with Crippen LogP contribution in [0.2, 0.25) is 0 Å². The van der Waals surface area contributed by atoms with Crippen LogP contribution >= 0.6 is 0 Å². The minimum absolute atomic E-state index is 0. The van der Waals surface area contributed by atoms with Crippen LogP contribution in [0, 0.1) is 5.82 Å². The molecule has 4 aromatic rings. The van der Waals surface area contributed by atoms with Crippen LogP contribution in [0.3, 0.4) is 0 Å². The number of sulfonamides is 1. The van der Waals surface area contributed by atoms with Crippen molar-refractivity contribution < 1.29 is 12.8 Å². The first-order valence-corrected chi connectivity index (χ1v) is 9.33. The van der Waals surface area contributed by atoms with E-state index in [0.717, 1.165) is 11.0 Å². The van der Waals surface area contributed by atoms with E-state index in [9.17, 15) is 12.8 Å². The molecule has 0 bridgehead atoms. The van der Waals surface area contributed by atoms with Crippen molar-refractivity contribution in [2.45, 2.75) is 12.3 Å². The summed E-state index contributed by atoms with van der Waals surface area (Å²) in [6, 6.07) is 16.3. The molecule has 27 heavy (non-hydrogen) atoms. The predicted octanol–water partition coefficient (Wildman–Crippen LogP) is 4.32. The average molecular weight is 383 g/mol. The predicted molar refractivity (Wildman–Crippen MR) is 105 cm³/mol. The second kappa shape index (κ2) is 6.94. The van der Waals surface area contributed by atoms with E-state index in [1.54, 1.807) is 42.7 Å². The number of fused-ring (bicyclic) bond motifs is 1. The molecule has 0 aliphatic carbocycles. The van der Waals surface area contributed by atoms with Gasteiger partial charge in [0.1, 0.15) is 5.82 Å². The molecule has 0 atom stereocenters. The maximum absolute atomic E-state index is 14.8. The van der Waals surface area contributed by atoms with E-state index in [2.05, 4.69) is 9.97 Å². The van der Waals surface area contributed by atoms with Crippen molar-refractivity contribution in [2.75, 3.05) is 0 Å². The lowest BCUT2D eigenvalue weighted by atomic mass is 9.99. The molecule has 0 radical (unpaired) electrons. The molecule has 0 unspecified atom stereocenters. The molecule has 0 fully saturated rings. The Bertz CT molecular complexity index is 1230. The topological polar surface area (TPSA) is 88.8 Å². The van der Waals surface area contributed by atoms with E-state index in [1.165, 1.54) is 12.1 Å². The fourth-order valence-electron chi connectivity index (χ4n) is 2.97. The van der Waals surface area contributed by atoms with Crippen LogP contribution in [-0.4, -0.2) is 18.4 Å². The molecular formula is C20H18FN3O2S. The number of imidazole rings is 1. The van der Waals surface area contributed by atoms with Crippen molar-refractivity contribution in [3.8, 4) is 22.3 Å². The van der Waals surface area contributed by atoms with Gasteiger partial charge in [-0.25, -0.2) is 22.9 Å². The Morgan fingerprint density at radius 1 is 0.926 bits per heavy atom. The highest BCUT2D eigenvalue weighted by atomic mass is 32.2. The number of aromatic amines is 1. The molecule has 0 saturated carbocycles. The van der Waals surface area contributed by atoms with Gasteiger partial charge >= 0.3 is 0 Å². The Kier molecular flexibility index (Phi) is 4.82. The average Bonchev–Trinajstić information content (AvgIpc) is 3.08. The number of primary sulfonamides is 1. The first-order valence-electron chi connectivity index (χ1n) is 7.79. The summed E-state index contributed by atoms with van der Waals surface area (Å²) in [5.74, 6) is -0.453. The molecule has 3 N–H and O–H groups in total. The summed E-state index contributed by atoms with van der Waals surface area (Å²) < 4.78 is 38.3. The Hall–Kier alpha value is -3.03. The van der Waals surface area contributed by atoms with Gasteiger partial charge < -0.3 is 4.98 Å². The van der Waals surface area contributed by atoms with Gasteiger partial charge in [0.15, 0.2) is 0 Å². The number of hydrogen-bond acceptors (Lipinski definition) is 3. The third-order valence-corrected chi connectivity index (χ3v) is 5.17. The molecule has 3 aromatic carbocycles. The molecular weight excluding hydrogens is 365 g/mol. The minimum Gasteiger partial charge on any atom is -0.345 e. The second-order valence-corrected chi connectivity index (χ2v) is 7.40. The van der Waals surface area contributed by atoms with Gasteiger partial charge in [-0.05, 0) is 35.4 Å². The van der Waals surface area contributed by atoms with Gasteiger partial charge in [0.2, 0.25) is 10.0 Å². The molecule has 0 saturated heterocycles. The third kappa shape index (κ3) is 3.47. The van der Waals surface area contributed by atoms with Gasteiger partial charge in [0.05, 0.1) is 22.3 Å². The third-order valence-electron chi connectivity index (χ3n) is 4.20. The van der Waals surface area contributed by atoms with Crippen LogP contribution in [0.15, 0.2) is 71.9 Å². The van der Waals surface area contributed by atoms with Crippen LogP contribution in [0.1, 0.15) is 7.43 Å². The molecule has 138 valence electrons. The first-order chi connectivity index (χ1) is 12.4. The zero-order valence-electron chi connectivity index (χ0n) is 13.5. The van der Waals surface area contributed by atoms with Crippen LogP contribution in [-0.2, 0) is 10.0 Å². The number of hydrogen-bond donors (Lipinski definition) is 2. The fraction of sp³-hybridized carbons (Fsp3) is 0.0500. The minimum atomic E-state index is -3.91. The van der Waals surface area contributed by atoms with E-state index in [0.29, 0.717) is 22.3 Å². The van der Waals surface area contributed by atoms with Crippen molar-refractivity contribution in [1.29, 1.82) is 0 Å². The highest BCUT2D eigenvalue weighted by Gasteiger charge is 2.16. The maximum Gasteiger partial charge on any atom is 0.238 e. The quantitative estimate of drug-likeness (QED) is 0.552. The summed E-state index contributed by atoms with van der Waals surface area (Å²) in [7, 11) is -3.91. The number of benzene rings is 3. The number of nitrogens with zero attached hydrogens (tertiary/aromatic N) is 1. The summed E-state index contributed by atoms with van der Waals surface area (Å²) in [5.41, 5.74) is 3.53. The van der Waals surface area contributed by atoms with Gasteiger partial charge in [-0.3, -0.25) is 0 Å². The number of nitrogens with one attached hydrogen (secondary N) is 1. The van der Waals surface area contributed by atoms with E-state index < -0.39 is 15.8 Å². The van der Waals surface area contributed by atoms with Crippen molar-refractivity contribution in [3.63, 3.8) is 0 Å². The number of halogens is 1. The van der Waals surface area contributed by atoms with E-state index in [-0.39, 0.29) is 12.3 Å². The van der Waals surface area contributed by atoms with Gasteiger partial charge in [-0.1, -0.05) is 43.8 Å². The number of nitrogens with two attached hydrogens (primary N) is 1. The number of H-pyrrole nitrogens is 1. The molecule has 0 spiro atoms. The summed E-state index contributed by atoms with van der Waals surface area (Å²) in [6.45, 7) is 0. The largest absolute Gasteiger partial charge is 0.345 e. The van der Waals surface area contributed by atoms with Gasteiger partial charge in [0, 0.05) is 11.1 Å². The maximum atomic E-state index is 14.8. The summed E-state index contributed by atoms with van der Waals surface area (Å²) in [6.07, 6.45) is 1.58. The van der Waals surface area contributed by atoms with Crippen LogP contribution in [0.5, 0.6) is 0 Å². The zero-order chi connectivity index (χ0) is 18.3. The molecule has 0 amide bonds. The first kappa shape index (κ1) is 18.8. The highest BCUT2D eigenvalue weighted by molar-refractivity contribution is 7.89. The molecule has 0 aliphatic heterocycles. The van der Waals surface area contributed by atoms with Crippen molar-refractivity contribution >= 4 is 21.1 Å². The van der Waals surface area contributed by atoms with Crippen LogP contribution in [0.4, 0.5) is 4.39 Å². The van der Waals surface area contributed by atoms with Crippen molar-refractivity contribution in [2.24, 2.45) is 5.14 Å². The highest BCUT2D eigenvalue weighted by Crippen LogP contribution is 2.31. The van der Waals surface area contributed by atoms with E-state index >= 15 is 0 Å². The van der Waals surface area contributed by atoms with Crippen LogP contribution in [0.25, 0.3) is 33.3 Å². The van der Waals surface area contributed by atoms with Crippen molar-refractivity contribution in [1.82, 2.24) is 9.97 Å². The molecule has 0 aliphatic rings. The van der Waals surface area contributed by atoms with E-state index in [4.69, 9.17) is 5.14 Å². The van der Waals surface area contributed by atoms with Crippen LogP contribution < -0.4 is 5.14 Å². The van der Waals surface area contributed by atoms with Gasteiger partial charge in [-0.2, -0.15) is 0 Å². The zero-order valence-corrected chi connectivity index (χ0v) is 14.3. The molecule has 4 rings (SSSR count). The second-order valence-electron chi connectivity index (χ2n) is 5.87. The molecule has 7 heteroatoms. The number of aromatic nitrogens is 2. The monoisotopic (exact) mass is 383 g/mol. The normalized spacial score (nSPS) is 11.3. The standard InChI is InChI=1S/C19H14FN3O2S.CH4/c20-16-9-12(15-3-1-2-4-19(15)26(21,24)25)5-7-14(16)13-6-8-17-18(10-13)23-11-22-17;/h1-11H,(H,22,23)(H2,21,24,25);1H4. The summed E-state index contributed by atoms with van der Waals surface area (Å²) in [5, 5.41) is 5.27. The lowest BCUT2D eigenvalue weighted by Crippen LogP contribution is -2.13.